The Morgan fingerprint density at radius 1 is 0.645 bits per heavy atom. The van der Waals surface area contributed by atoms with Crippen LogP contribution in [0.5, 0.6) is 0 Å². The van der Waals surface area contributed by atoms with Crippen LogP contribution in [0.3, 0.4) is 0 Å². The lowest BCUT2D eigenvalue weighted by molar-refractivity contribution is 0.352. The largest absolute Gasteiger partial charge is 0.759 e. The lowest BCUT2D eigenvalue weighted by Crippen LogP contribution is -2.17. The maximum Gasteiger partial charge on any atom is 0.385 e. The molecule has 0 N–H and O–H groups in total. The average molecular weight is 445 g/mol. The van der Waals surface area contributed by atoms with Crippen molar-refractivity contribution in [1.82, 2.24) is 0 Å². The number of diazo groups is 2. The molecule has 0 bridgehead atoms. The van der Waals surface area contributed by atoms with Crippen LogP contribution in [0.25, 0.3) is 9.95 Å². The molecule has 2 aliphatic rings. The van der Waals surface area contributed by atoms with Gasteiger partial charge in [0.15, 0.2) is 9.95 Å². The zero-order valence-electron chi connectivity index (χ0n) is 17.0. The zero-order chi connectivity index (χ0) is 22.7. The molecule has 0 aromatic heterocycles. The Kier molecular flexibility index (Phi) is 9.15. The molecule has 0 unspecified atom stereocenters. The number of anilines is 2. The van der Waals surface area contributed by atoms with E-state index in [0.29, 0.717) is 11.4 Å². The van der Waals surface area contributed by atoms with Crippen molar-refractivity contribution < 1.29 is 17.5 Å². The molecular formula is C20H24N6O4S. The molecule has 2 heterocycles. The van der Waals surface area contributed by atoms with E-state index in [0.717, 1.165) is 26.2 Å². The van der Waals surface area contributed by atoms with E-state index in [1.165, 1.54) is 37.1 Å². The molecule has 0 aliphatic carbocycles. The SMILES string of the molecule is N#[N+]c1ccc(N2CCCC2)cc1.N#[N+]c1ccc(N2CCCC2)cc1.O=S(=O)([O-])[O-]. The van der Waals surface area contributed by atoms with Crippen molar-refractivity contribution in [1.29, 1.82) is 10.8 Å². The summed E-state index contributed by atoms with van der Waals surface area (Å²) >= 11 is 0. The van der Waals surface area contributed by atoms with Crippen LogP contribution < -0.4 is 9.80 Å². The molecule has 4 rings (SSSR count). The van der Waals surface area contributed by atoms with Gasteiger partial charge in [0.2, 0.25) is 10.8 Å². The lowest BCUT2D eigenvalue weighted by atomic mass is 10.2. The van der Waals surface area contributed by atoms with Crippen LogP contribution in [-0.2, 0) is 10.4 Å². The lowest BCUT2D eigenvalue weighted by Gasteiger charge is -2.16. The van der Waals surface area contributed by atoms with E-state index in [2.05, 4.69) is 19.8 Å². The van der Waals surface area contributed by atoms with Crippen LogP contribution in [0.15, 0.2) is 48.5 Å². The number of benzene rings is 2. The van der Waals surface area contributed by atoms with Gasteiger partial charge in [-0.05, 0) is 49.9 Å². The predicted octanol–water partition coefficient (Wildman–Crippen LogP) is 4.20. The summed E-state index contributed by atoms with van der Waals surface area (Å²) in [4.78, 5) is 10.9. The van der Waals surface area contributed by atoms with Gasteiger partial charge in [-0.2, -0.15) is 0 Å². The second kappa shape index (κ2) is 11.8. The first kappa shape index (κ1) is 24.0. The smallest absolute Gasteiger partial charge is 0.385 e. The Balaban J connectivity index is 0.000000182. The monoisotopic (exact) mass is 444 g/mol. The zero-order valence-corrected chi connectivity index (χ0v) is 17.8. The fourth-order valence-corrected chi connectivity index (χ4v) is 3.41. The fraction of sp³-hybridized carbons (Fsp3) is 0.400. The van der Waals surface area contributed by atoms with Gasteiger partial charge >= 0.3 is 11.4 Å². The Morgan fingerprint density at radius 3 is 1.13 bits per heavy atom. The third-order valence-corrected chi connectivity index (χ3v) is 4.87. The van der Waals surface area contributed by atoms with Crippen molar-refractivity contribution in [2.24, 2.45) is 0 Å². The summed E-state index contributed by atoms with van der Waals surface area (Å²) in [5.41, 5.74) is 3.68. The Morgan fingerprint density at radius 2 is 0.903 bits per heavy atom. The topological polar surface area (TPSA) is 143 Å². The normalized spacial score (nSPS) is 15.1. The first-order valence-corrected chi connectivity index (χ1v) is 11.2. The van der Waals surface area contributed by atoms with Crippen molar-refractivity contribution >= 4 is 33.1 Å². The summed E-state index contributed by atoms with van der Waals surface area (Å²) in [6.07, 6.45) is 5.14. The fourth-order valence-electron chi connectivity index (χ4n) is 3.41. The third kappa shape index (κ3) is 8.97. The van der Waals surface area contributed by atoms with Crippen LogP contribution >= 0.6 is 0 Å². The summed E-state index contributed by atoms with van der Waals surface area (Å²) in [5.74, 6) is 0. The molecule has 0 saturated carbocycles. The number of hydrogen-bond donors (Lipinski definition) is 0. The van der Waals surface area contributed by atoms with Gasteiger partial charge in [-0.3, -0.25) is 8.42 Å². The van der Waals surface area contributed by atoms with Crippen molar-refractivity contribution in [2.45, 2.75) is 25.7 Å². The Labute approximate surface area is 181 Å². The van der Waals surface area contributed by atoms with E-state index in [9.17, 15) is 0 Å². The third-order valence-electron chi connectivity index (χ3n) is 4.87. The molecule has 2 aromatic carbocycles. The molecule has 164 valence electrons. The molecule has 2 aliphatic heterocycles. The van der Waals surface area contributed by atoms with E-state index in [4.69, 9.17) is 28.3 Å². The van der Waals surface area contributed by atoms with Gasteiger partial charge in [0.05, 0.1) is 0 Å². The van der Waals surface area contributed by atoms with E-state index in [-0.39, 0.29) is 0 Å². The first-order valence-electron chi connectivity index (χ1n) is 9.87. The van der Waals surface area contributed by atoms with Crippen molar-refractivity contribution in [3.8, 4) is 0 Å². The maximum absolute atomic E-state index is 8.52. The molecule has 0 spiro atoms. The molecule has 0 radical (unpaired) electrons. The number of rotatable bonds is 2. The van der Waals surface area contributed by atoms with Gasteiger partial charge in [0, 0.05) is 72.2 Å². The number of nitrogens with zero attached hydrogens (tertiary/aromatic N) is 6. The van der Waals surface area contributed by atoms with E-state index in [1.54, 1.807) is 0 Å². The van der Waals surface area contributed by atoms with Crippen LogP contribution in [-0.4, -0.2) is 43.7 Å². The minimum Gasteiger partial charge on any atom is -0.759 e. The quantitative estimate of drug-likeness (QED) is 0.381. The van der Waals surface area contributed by atoms with Crippen molar-refractivity contribution in [2.75, 3.05) is 36.0 Å². The highest BCUT2D eigenvalue weighted by atomic mass is 32.3. The highest BCUT2D eigenvalue weighted by Gasteiger charge is 2.14. The molecule has 11 heteroatoms. The van der Waals surface area contributed by atoms with Crippen LogP contribution in [0.2, 0.25) is 0 Å². The Bertz CT molecular complexity index is 924. The van der Waals surface area contributed by atoms with Gasteiger partial charge < -0.3 is 18.9 Å². The van der Waals surface area contributed by atoms with E-state index < -0.39 is 10.4 Å². The minimum atomic E-state index is -5.17. The summed E-state index contributed by atoms with van der Waals surface area (Å²) in [6, 6.07) is 15.3. The van der Waals surface area contributed by atoms with Gasteiger partial charge in [0.25, 0.3) is 0 Å². The van der Waals surface area contributed by atoms with E-state index >= 15 is 0 Å². The Hall–Kier alpha value is -3.25. The average Bonchev–Trinajstić information content (AvgIpc) is 3.48. The molecular weight excluding hydrogens is 420 g/mol. The second-order valence-electron chi connectivity index (χ2n) is 7.03. The second-order valence-corrected chi connectivity index (χ2v) is 7.85. The molecule has 0 atom stereocenters. The molecule has 2 saturated heterocycles. The molecule has 31 heavy (non-hydrogen) atoms. The van der Waals surface area contributed by atoms with Gasteiger partial charge in [-0.15, -0.1) is 0 Å². The summed E-state index contributed by atoms with van der Waals surface area (Å²) in [5, 5.41) is 17.0. The number of hydrogen-bond acceptors (Lipinski definition) is 8. The van der Waals surface area contributed by atoms with Crippen LogP contribution in [0.4, 0.5) is 22.7 Å². The molecule has 2 aromatic rings. The predicted molar refractivity (Wildman–Crippen MR) is 116 cm³/mol. The molecule has 2 fully saturated rings. The van der Waals surface area contributed by atoms with E-state index in [1.807, 2.05) is 48.5 Å². The van der Waals surface area contributed by atoms with Crippen molar-refractivity contribution in [3.05, 3.63) is 58.5 Å². The summed E-state index contributed by atoms with van der Waals surface area (Å²) in [6.45, 7) is 4.59. The van der Waals surface area contributed by atoms with Gasteiger partial charge in [-0.1, -0.05) is 0 Å². The standard InChI is InChI=1S/2C10H12N3.H2O4S/c2*11-12-9-3-5-10(6-4-9)13-7-1-2-8-13;1-5(2,3)4/h2*3-6H,1-2,7-8H2;(H2,1,2,3,4)/q2*+1;/p-2. The first-order chi connectivity index (χ1) is 14.8. The summed E-state index contributed by atoms with van der Waals surface area (Å²) < 4.78 is 34.1. The highest BCUT2D eigenvalue weighted by molar-refractivity contribution is 7.79. The van der Waals surface area contributed by atoms with Crippen LogP contribution in [0, 0.1) is 10.8 Å². The van der Waals surface area contributed by atoms with Gasteiger partial charge in [0.1, 0.15) is 0 Å². The minimum absolute atomic E-state index is 0.614. The summed E-state index contributed by atoms with van der Waals surface area (Å²) in [7, 11) is -5.17. The highest BCUT2D eigenvalue weighted by Crippen LogP contribution is 2.23. The maximum atomic E-state index is 8.52. The van der Waals surface area contributed by atoms with Gasteiger partial charge in [-0.25, -0.2) is 0 Å². The molecule has 10 nitrogen and oxygen atoms in total. The molecule has 0 amide bonds. The van der Waals surface area contributed by atoms with Crippen LogP contribution in [0.1, 0.15) is 25.7 Å². The van der Waals surface area contributed by atoms with Crippen molar-refractivity contribution in [3.63, 3.8) is 0 Å².